The Balaban J connectivity index is 1.50. The average Bonchev–Trinajstić information content (AvgIpc) is 3.31. The molecule has 9 heteroatoms. The van der Waals surface area contributed by atoms with Crippen molar-refractivity contribution in [2.24, 2.45) is 0 Å². The van der Waals surface area contributed by atoms with Gasteiger partial charge < -0.3 is 9.73 Å². The first-order valence-electron chi connectivity index (χ1n) is 7.87. The number of rotatable bonds is 3. The van der Waals surface area contributed by atoms with Crippen molar-refractivity contribution in [3.05, 3.63) is 72.4 Å². The molecule has 0 aliphatic rings. The van der Waals surface area contributed by atoms with Gasteiger partial charge in [-0.1, -0.05) is 0 Å². The number of aromatic nitrogens is 3. The molecule has 7 nitrogen and oxygen atoms in total. The number of nitrogens with zero attached hydrogens (tertiary/aromatic N) is 3. The average molecular weight is 381 g/mol. The maximum Gasteiger partial charge on any atom is 0.293 e. The molecule has 2 heterocycles. The minimum Gasteiger partial charge on any atom is -0.459 e. The molecule has 0 unspecified atom stereocenters. The lowest BCUT2D eigenvalue weighted by molar-refractivity contribution is 0.0950. The lowest BCUT2D eigenvalue weighted by Gasteiger charge is -2.08. The van der Waals surface area contributed by atoms with Crippen molar-refractivity contribution in [3.8, 4) is 5.69 Å². The van der Waals surface area contributed by atoms with Crippen molar-refractivity contribution in [2.75, 3.05) is 5.32 Å². The van der Waals surface area contributed by atoms with E-state index in [0.29, 0.717) is 22.4 Å². The molecule has 0 radical (unpaired) electrons. The van der Waals surface area contributed by atoms with E-state index in [9.17, 15) is 9.18 Å². The van der Waals surface area contributed by atoms with Crippen LogP contribution in [0.2, 0.25) is 0 Å². The fourth-order valence-electron chi connectivity index (χ4n) is 2.42. The van der Waals surface area contributed by atoms with Crippen LogP contribution in [0.3, 0.4) is 0 Å². The summed E-state index contributed by atoms with van der Waals surface area (Å²) in [5, 5.41) is 14.3. The number of anilines is 1. The second-order valence-corrected chi connectivity index (χ2v) is 5.96. The summed E-state index contributed by atoms with van der Waals surface area (Å²) in [7, 11) is 0. The normalized spacial score (nSPS) is 10.7. The molecular weight excluding hydrogens is 369 g/mol. The molecule has 0 atom stereocenters. The number of amides is 1. The van der Waals surface area contributed by atoms with Crippen LogP contribution in [-0.4, -0.2) is 26.0 Å². The molecule has 0 fully saturated rings. The van der Waals surface area contributed by atoms with Crippen LogP contribution in [0.1, 0.15) is 10.6 Å². The smallest absolute Gasteiger partial charge is 0.293 e. The summed E-state index contributed by atoms with van der Waals surface area (Å²) in [6.45, 7) is 0. The first kappa shape index (κ1) is 16.9. The number of benzene rings is 2. The second-order valence-electron chi connectivity index (χ2n) is 5.55. The van der Waals surface area contributed by atoms with E-state index < -0.39 is 5.91 Å². The third kappa shape index (κ3) is 3.67. The van der Waals surface area contributed by atoms with Crippen molar-refractivity contribution in [1.82, 2.24) is 20.3 Å². The molecule has 0 aliphatic heterocycles. The Morgan fingerprint density at radius 3 is 2.59 bits per heavy atom. The van der Waals surface area contributed by atoms with Crippen LogP contribution in [0.25, 0.3) is 16.7 Å². The molecule has 0 spiro atoms. The maximum atomic E-state index is 13.1. The Bertz CT molecular complexity index is 1120. The highest BCUT2D eigenvalue weighted by atomic mass is 32.1. The number of carbonyl (C=O) groups excluding carboxylic acids is 1. The predicted molar refractivity (Wildman–Crippen MR) is 101 cm³/mol. The lowest BCUT2D eigenvalue weighted by atomic mass is 10.3. The second kappa shape index (κ2) is 6.96. The third-order valence-electron chi connectivity index (χ3n) is 3.67. The Hall–Kier alpha value is -3.59. The zero-order valence-corrected chi connectivity index (χ0v) is 14.5. The summed E-state index contributed by atoms with van der Waals surface area (Å²) in [5.41, 5.74) is 2.56. The van der Waals surface area contributed by atoms with Crippen molar-refractivity contribution in [3.63, 3.8) is 0 Å². The van der Waals surface area contributed by atoms with E-state index in [1.807, 2.05) is 0 Å². The minimum atomic E-state index is -0.444. The highest BCUT2D eigenvalue weighted by Gasteiger charge is 2.11. The standard InChI is InChI=1S/C18H12FN5O2S/c19-11-3-6-13(7-4-11)24-22-14-8-5-12(10-15(14)23-24)20-18(27)21-17(25)16-2-1-9-26-16/h1-10H,(H2,20,21,25,27). The molecule has 2 N–H and O–H groups in total. The van der Waals surface area contributed by atoms with Gasteiger partial charge in [0.25, 0.3) is 5.91 Å². The topological polar surface area (TPSA) is 85.0 Å². The van der Waals surface area contributed by atoms with Gasteiger partial charge in [0.05, 0.1) is 12.0 Å². The van der Waals surface area contributed by atoms with Crippen LogP contribution < -0.4 is 10.6 Å². The number of carbonyl (C=O) groups is 1. The molecule has 134 valence electrons. The summed E-state index contributed by atoms with van der Waals surface area (Å²) < 4.78 is 18.1. The van der Waals surface area contributed by atoms with Gasteiger partial charge in [-0.15, -0.1) is 10.2 Å². The van der Waals surface area contributed by atoms with Crippen LogP contribution in [0.5, 0.6) is 0 Å². The molecule has 1 amide bonds. The number of fused-ring (bicyclic) bond motifs is 1. The van der Waals surface area contributed by atoms with Gasteiger partial charge >= 0.3 is 0 Å². The van der Waals surface area contributed by atoms with Crippen LogP contribution in [0.4, 0.5) is 10.1 Å². The molecule has 0 saturated carbocycles. The monoisotopic (exact) mass is 381 g/mol. The molecule has 0 saturated heterocycles. The van der Waals surface area contributed by atoms with Gasteiger partial charge in [0.15, 0.2) is 10.9 Å². The Morgan fingerprint density at radius 1 is 1.07 bits per heavy atom. The Labute approximate surface area is 157 Å². The van der Waals surface area contributed by atoms with Crippen LogP contribution in [0.15, 0.2) is 65.3 Å². The van der Waals surface area contributed by atoms with Crippen molar-refractivity contribution < 1.29 is 13.6 Å². The number of thiocarbonyl (C=S) groups is 1. The van der Waals surface area contributed by atoms with Gasteiger partial charge in [-0.25, -0.2) is 4.39 Å². The van der Waals surface area contributed by atoms with E-state index in [-0.39, 0.29) is 16.7 Å². The summed E-state index contributed by atoms with van der Waals surface area (Å²) >= 11 is 5.14. The first-order chi connectivity index (χ1) is 13.1. The van der Waals surface area contributed by atoms with Crippen molar-refractivity contribution >= 4 is 40.0 Å². The van der Waals surface area contributed by atoms with Crippen LogP contribution in [-0.2, 0) is 0 Å². The predicted octanol–water partition coefficient (Wildman–Crippen LogP) is 3.28. The Morgan fingerprint density at radius 2 is 1.85 bits per heavy atom. The fourth-order valence-corrected chi connectivity index (χ4v) is 2.63. The van der Waals surface area contributed by atoms with Gasteiger partial charge in [0, 0.05) is 5.69 Å². The molecule has 0 aliphatic carbocycles. The third-order valence-corrected chi connectivity index (χ3v) is 3.87. The first-order valence-corrected chi connectivity index (χ1v) is 8.28. The Kier molecular flexibility index (Phi) is 4.35. The fraction of sp³-hybridized carbons (Fsp3) is 0. The number of nitrogens with one attached hydrogen (secondary N) is 2. The largest absolute Gasteiger partial charge is 0.459 e. The summed E-state index contributed by atoms with van der Waals surface area (Å²) in [6.07, 6.45) is 1.41. The maximum absolute atomic E-state index is 13.1. The van der Waals surface area contributed by atoms with Crippen molar-refractivity contribution in [1.29, 1.82) is 0 Å². The number of halogens is 1. The zero-order chi connectivity index (χ0) is 18.8. The number of hydrogen-bond acceptors (Lipinski definition) is 5. The molecule has 27 heavy (non-hydrogen) atoms. The van der Waals surface area contributed by atoms with E-state index in [1.54, 1.807) is 36.4 Å². The molecule has 0 bridgehead atoms. The van der Waals surface area contributed by atoms with E-state index in [1.165, 1.54) is 29.3 Å². The van der Waals surface area contributed by atoms with Gasteiger partial charge in [-0.2, -0.15) is 4.80 Å². The molecule has 4 aromatic rings. The summed E-state index contributed by atoms with van der Waals surface area (Å²) in [4.78, 5) is 13.3. The highest BCUT2D eigenvalue weighted by Crippen LogP contribution is 2.17. The van der Waals surface area contributed by atoms with E-state index in [0.717, 1.165) is 0 Å². The quantitative estimate of drug-likeness (QED) is 0.530. The van der Waals surface area contributed by atoms with E-state index in [4.69, 9.17) is 16.6 Å². The summed E-state index contributed by atoms with van der Waals surface area (Å²) in [5.74, 6) is -0.607. The van der Waals surface area contributed by atoms with Crippen molar-refractivity contribution in [2.45, 2.75) is 0 Å². The van der Waals surface area contributed by atoms with Gasteiger partial charge in [-0.3, -0.25) is 10.1 Å². The SMILES string of the molecule is O=C(NC(=S)Nc1ccc2nn(-c3ccc(F)cc3)nc2c1)c1ccco1. The molecule has 2 aromatic heterocycles. The van der Waals surface area contributed by atoms with Gasteiger partial charge in [0.1, 0.15) is 16.9 Å². The number of hydrogen-bond donors (Lipinski definition) is 2. The lowest BCUT2D eigenvalue weighted by Crippen LogP contribution is -2.33. The van der Waals surface area contributed by atoms with Crippen LogP contribution in [0, 0.1) is 5.82 Å². The molecule has 4 rings (SSSR count). The van der Waals surface area contributed by atoms with Crippen LogP contribution >= 0.6 is 12.2 Å². The van der Waals surface area contributed by atoms with Gasteiger partial charge in [-0.05, 0) is 66.8 Å². The van der Waals surface area contributed by atoms with E-state index in [2.05, 4.69) is 20.8 Å². The van der Waals surface area contributed by atoms with E-state index >= 15 is 0 Å². The zero-order valence-electron chi connectivity index (χ0n) is 13.7. The van der Waals surface area contributed by atoms with Gasteiger partial charge in [0.2, 0.25) is 0 Å². The number of furan rings is 1. The molecular formula is C18H12FN5O2S. The molecule has 2 aromatic carbocycles. The summed E-state index contributed by atoms with van der Waals surface area (Å²) in [6, 6.07) is 14.3. The minimum absolute atomic E-state index is 0.127. The highest BCUT2D eigenvalue weighted by molar-refractivity contribution is 7.80.